The summed E-state index contributed by atoms with van der Waals surface area (Å²) in [6.07, 6.45) is 3.89. The molecule has 9 nitrogen and oxygen atoms in total. The van der Waals surface area contributed by atoms with E-state index in [0.29, 0.717) is 24.3 Å². The minimum atomic E-state index is -4.01. The van der Waals surface area contributed by atoms with Crippen LogP contribution in [0.15, 0.2) is 50.9 Å². The summed E-state index contributed by atoms with van der Waals surface area (Å²) < 4.78 is 31.1. The summed E-state index contributed by atoms with van der Waals surface area (Å²) in [6, 6.07) is 9.53. The Balaban J connectivity index is 1.75. The number of hydrogen-bond donors (Lipinski definition) is 1. The van der Waals surface area contributed by atoms with Gasteiger partial charge in [-0.25, -0.2) is 13.2 Å². The number of sulfonamides is 1. The fraction of sp³-hybridized carbons (Fsp3) is 0.400. The van der Waals surface area contributed by atoms with Crippen molar-refractivity contribution < 1.29 is 13.2 Å². The van der Waals surface area contributed by atoms with E-state index in [1.54, 1.807) is 30.9 Å². The standard InChI is InChI=1S/C25H30N4O5S/c1-17-9-8-10-18(2)23(17)26-35(33,34)19-11-12-21-20(15-19)24(31)29(25(32)27(21)3)16-22(30)28-13-6-4-5-7-14-28/h8-12,15,26H,4-7,13-14,16H2,1-3H3. The van der Waals surface area contributed by atoms with E-state index in [1.165, 1.54) is 29.8 Å². The van der Waals surface area contributed by atoms with Gasteiger partial charge in [-0.1, -0.05) is 31.0 Å². The molecule has 1 aromatic heterocycles. The predicted molar refractivity (Wildman–Crippen MR) is 135 cm³/mol. The highest BCUT2D eigenvalue weighted by molar-refractivity contribution is 7.92. The van der Waals surface area contributed by atoms with Gasteiger partial charge in [-0.15, -0.1) is 0 Å². The van der Waals surface area contributed by atoms with Crippen molar-refractivity contribution in [2.75, 3.05) is 17.8 Å². The molecule has 186 valence electrons. The molecule has 0 saturated carbocycles. The maximum atomic E-state index is 13.3. The van der Waals surface area contributed by atoms with Crippen LogP contribution in [0.1, 0.15) is 36.8 Å². The maximum absolute atomic E-state index is 13.3. The molecule has 35 heavy (non-hydrogen) atoms. The van der Waals surface area contributed by atoms with E-state index in [9.17, 15) is 22.8 Å². The van der Waals surface area contributed by atoms with Crippen molar-refractivity contribution in [2.24, 2.45) is 7.05 Å². The monoisotopic (exact) mass is 498 g/mol. The largest absolute Gasteiger partial charge is 0.341 e. The van der Waals surface area contributed by atoms with Gasteiger partial charge in [0.25, 0.3) is 15.6 Å². The minimum Gasteiger partial charge on any atom is -0.341 e. The van der Waals surface area contributed by atoms with Crippen LogP contribution in [-0.4, -0.2) is 41.4 Å². The van der Waals surface area contributed by atoms with Crippen LogP contribution < -0.4 is 16.0 Å². The van der Waals surface area contributed by atoms with Crippen LogP contribution in [0.3, 0.4) is 0 Å². The van der Waals surface area contributed by atoms with E-state index < -0.39 is 21.3 Å². The van der Waals surface area contributed by atoms with E-state index in [-0.39, 0.29) is 22.7 Å². The second-order valence-corrected chi connectivity index (χ2v) is 10.8. The zero-order valence-electron chi connectivity index (χ0n) is 20.2. The highest BCUT2D eigenvalue weighted by atomic mass is 32.2. The molecule has 1 aliphatic rings. The van der Waals surface area contributed by atoms with Gasteiger partial charge in [-0.2, -0.15) is 0 Å². The third kappa shape index (κ3) is 4.88. The number of para-hydroxylation sites is 1. The molecule has 2 aromatic carbocycles. The fourth-order valence-corrected chi connectivity index (χ4v) is 5.75. The molecule has 10 heteroatoms. The Morgan fingerprint density at radius 1 is 0.971 bits per heavy atom. The summed E-state index contributed by atoms with van der Waals surface area (Å²) in [7, 11) is -2.51. The Morgan fingerprint density at radius 3 is 2.23 bits per heavy atom. The summed E-state index contributed by atoms with van der Waals surface area (Å²) in [5, 5.41) is 0.0557. The van der Waals surface area contributed by atoms with E-state index >= 15 is 0 Å². The third-order valence-electron chi connectivity index (χ3n) is 6.60. The Labute approximate surface area is 204 Å². The van der Waals surface area contributed by atoms with Crippen LogP contribution in [0.2, 0.25) is 0 Å². The van der Waals surface area contributed by atoms with Gasteiger partial charge in [0, 0.05) is 20.1 Å². The average Bonchev–Trinajstić information content (AvgIpc) is 3.12. The SMILES string of the molecule is Cc1cccc(C)c1NS(=O)(=O)c1ccc2c(c1)c(=O)n(CC(=O)N1CCCCCC1)c(=O)n2C. The van der Waals surface area contributed by atoms with E-state index in [1.807, 2.05) is 6.07 Å². The fourth-order valence-electron chi connectivity index (χ4n) is 4.53. The Bertz CT molecular complexity index is 1490. The molecule has 0 spiro atoms. The topological polar surface area (TPSA) is 110 Å². The van der Waals surface area contributed by atoms with Crippen molar-refractivity contribution in [1.29, 1.82) is 0 Å². The van der Waals surface area contributed by atoms with Crippen molar-refractivity contribution in [3.63, 3.8) is 0 Å². The molecule has 2 heterocycles. The number of aromatic nitrogens is 2. The van der Waals surface area contributed by atoms with Crippen LogP contribution >= 0.6 is 0 Å². The smallest absolute Gasteiger partial charge is 0.331 e. The number of hydrogen-bond acceptors (Lipinski definition) is 5. The molecule has 0 aliphatic carbocycles. The van der Waals surface area contributed by atoms with Crippen LogP contribution in [0.5, 0.6) is 0 Å². The number of benzene rings is 2. The van der Waals surface area contributed by atoms with Gasteiger partial charge in [0.05, 0.1) is 21.5 Å². The van der Waals surface area contributed by atoms with Gasteiger partial charge in [0.15, 0.2) is 0 Å². The molecule has 0 bridgehead atoms. The van der Waals surface area contributed by atoms with Gasteiger partial charge in [-0.3, -0.25) is 23.4 Å². The number of likely N-dealkylation sites (tertiary alicyclic amines) is 1. The minimum absolute atomic E-state index is 0.0557. The normalized spacial score (nSPS) is 14.7. The van der Waals surface area contributed by atoms with Crippen LogP contribution in [-0.2, 0) is 28.4 Å². The highest BCUT2D eigenvalue weighted by Crippen LogP contribution is 2.24. The van der Waals surface area contributed by atoms with E-state index in [4.69, 9.17) is 0 Å². The first-order valence-electron chi connectivity index (χ1n) is 11.7. The Kier molecular flexibility index (Phi) is 6.84. The molecule has 0 unspecified atom stereocenters. The summed E-state index contributed by atoms with van der Waals surface area (Å²) >= 11 is 0. The van der Waals surface area contributed by atoms with Crippen molar-refractivity contribution in [1.82, 2.24) is 14.0 Å². The number of nitrogens with zero attached hydrogens (tertiary/aromatic N) is 3. The zero-order chi connectivity index (χ0) is 25.3. The number of anilines is 1. The highest BCUT2D eigenvalue weighted by Gasteiger charge is 2.22. The lowest BCUT2D eigenvalue weighted by Crippen LogP contribution is -2.44. The molecule has 3 aromatic rings. The summed E-state index contributed by atoms with van der Waals surface area (Å²) in [6.45, 7) is 4.45. The average molecular weight is 499 g/mol. The second kappa shape index (κ2) is 9.69. The zero-order valence-corrected chi connectivity index (χ0v) is 21.0. The lowest BCUT2D eigenvalue weighted by molar-refractivity contribution is -0.131. The van der Waals surface area contributed by atoms with Gasteiger partial charge in [0.2, 0.25) is 5.91 Å². The molecule has 4 rings (SSSR count). The lowest BCUT2D eigenvalue weighted by Gasteiger charge is -2.21. The molecule has 0 radical (unpaired) electrons. The Morgan fingerprint density at radius 2 is 1.60 bits per heavy atom. The molecular weight excluding hydrogens is 468 g/mol. The van der Waals surface area contributed by atoms with Crippen molar-refractivity contribution >= 4 is 32.5 Å². The first kappa shape index (κ1) is 24.7. The van der Waals surface area contributed by atoms with Gasteiger partial charge in [-0.05, 0) is 56.0 Å². The molecule has 1 saturated heterocycles. The summed E-state index contributed by atoms with van der Waals surface area (Å²) in [5.74, 6) is -0.286. The lowest BCUT2D eigenvalue weighted by atomic mass is 10.1. The molecular formula is C25H30N4O5S. The number of aryl methyl sites for hydroxylation is 3. The van der Waals surface area contributed by atoms with Crippen LogP contribution in [0.4, 0.5) is 5.69 Å². The van der Waals surface area contributed by atoms with E-state index in [0.717, 1.165) is 41.4 Å². The number of amides is 1. The van der Waals surface area contributed by atoms with Gasteiger partial charge in [0.1, 0.15) is 6.54 Å². The Hall–Kier alpha value is -3.40. The number of fused-ring (bicyclic) bond motifs is 1. The quantitative estimate of drug-likeness (QED) is 0.581. The van der Waals surface area contributed by atoms with Crippen molar-refractivity contribution in [3.8, 4) is 0 Å². The number of carbonyl (C=O) groups is 1. The number of rotatable bonds is 5. The van der Waals surface area contributed by atoms with Crippen LogP contribution in [0, 0.1) is 13.8 Å². The van der Waals surface area contributed by atoms with Crippen LogP contribution in [0.25, 0.3) is 10.9 Å². The van der Waals surface area contributed by atoms with E-state index in [2.05, 4.69) is 4.72 Å². The second-order valence-electron chi connectivity index (χ2n) is 9.08. The summed E-state index contributed by atoms with van der Waals surface area (Å²) in [4.78, 5) is 40.7. The molecule has 1 aliphatic heterocycles. The van der Waals surface area contributed by atoms with Crippen molar-refractivity contribution in [2.45, 2.75) is 51.0 Å². The van der Waals surface area contributed by atoms with Gasteiger partial charge >= 0.3 is 5.69 Å². The predicted octanol–water partition coefficient (Wildman–Crippen LogP) is 2.52. The molecule has 1 fully saturated rings. The third-order valence-corrected chi connectivity index (χ3v) is 7.95. The number of nitrogens with one attached hydrogen (secondary N) is 1. The maximum Gasteiger partial charge on any atom is 0.331 e. The summed E-state index contributed by atoms with van der Waals surface area (Å²) in [5.41, 5.74) is 1.01. The van der Waals surface area contributed by atoms with Gasteiger partial charge < -0.3 is 4.90 Å². The first-order valence-corrected chi connectivity index (χ1v) is 13.2. The molecule has 0 atom stereocenters. The van der Waals surface area contributed by atoms with Crippen molar-refractivity contribution in [3.05, 3.63) is 68.4 Å². The molecule has 1 N–H and O–H groups in total. The number of carbonyl (C=O) groups excluding carboxylic acids is 1. The molecule has 1 amide bonds. The first-order chi connectivity index (χ1) is 16.6.